The quantitative estimate of drug-likeness (QED) is 0.170. The molecule has 0 aliphatic carbocycles. The van der Waals surface area contributed by atoms with E-state index in [-0.39, 0.29) is 5.96 Å². The summed E-state index contributed by atoms with van der Waals surface area (Å²) in [6, 6.07) is -0.833. The van der Waals surface area contributed by atoms with Crippen LogP contribution in [0, 0.1) is 5.41 Å². The van der Waals surface area contributed by atoms with Crippen molar-refractivity contribution in [2.45, 2.75) is 0 Å². The molecule has 0 saturated carbocycles. The molecule has 0 fully saturated rings. The minimum Gasteiger partial charge on any atom is -0.480 e. The Morgan fingerprint density at radius 3 is 1.23 bits per heavy atom. The lowest BCUT2D eigenvalue weighted by molar-refractivity contribution is -0.140. The zero-order chi connectivity index (χ0) is 11.4. The molecule has 9 heteroatoms. The van der Waals surface area contributed by atoms with E-state index >= 15 is 0 Å². The van der Waals surface area contributed by atoms with E-state index in [9.17, 15) is 0 Å². The Kier molecular flexibility index (Phi) is 16.7. The Balaban J connectivity index is -0.000000117. The number of guanidine groups is 1. The summed E-state index contributed by atoms with van der Waals surface area (Å²) in [7, 11) is 0. The van der Waals surface area contributed by atoms with Gasteiger partial charge in [0.2, 0.25) is 0 Å². The summed E-state index contributed by atoms with van der Waals surface area (Å²) >= 11 is 0. The van der Waals surface area contributed by atoms with E-state index < -0.39 is 18.6 Å². The van der Waals surface area contributed by atoms with Gasteiger partial charge in [-0.15, -0.1) is 0 Å². The number of aliphatic carboxylic acids is 1. The molecule has 0 aliphatic rings. The number of urea groups is 1. The molecule has 78 valence electrons. The van der Waals surface area contributed by atoms with Gasteiger partial charge in [-0.1, -0.05) is 0 Å². The molecule has 9 nitrogen and oxygen atoms in total. The molecule has 0 heterocycles. The molecule has 0 aromatic carbocycles. The molecule has 0 spiro atoms. The Hall–Kier alpha value is -2.03. The number of nitrogens with one attached hydrogen (secondary N) is 1. The molecular weight excluding hydrogens is 182 g/mol. The SMILES string of the molecule is N=C(N)N.NC(N)=O.O=C(O)CO. The normalized spacial score (nSPS) is 6.54. The first kappa shape index (κ1) is 17.2. The maximum absolute atomic E-state index is 9.12. The number of amides is 2. The summed E-state index contributed by atoms with van der Waals surface area (Å²) < 4.78 is 0. The first-order valence-corrected chi connectivity index (χ1v) is 2.71. The van der Waals surface area contributed by atoms with E-state index in [0.29, 0.717) is 0 Å². The van der Waals surface area contributed by atoms with Crippen LogP contribution in [0.3, 0.4) is 0 Å². The predicted molar refractivity (Wildman–Crippen MR) is 44.6 cm³/mol. The molecule has 0 saturated heterocycles. The number of hydrogen-bond donors (Lipinski definition) is 7. The van der Waals surface area contributed by atoms with Gasteiger partial charge in [0.15, 0.2) is 5.96 Å². The summed E-state index contributed by atoms with van der Waals surface area (Å²) in [4.78, 5) is 18.1. The number of hydrogen-bond acceptors (Lipinski definition) is 4. The highest BCUT2D eigenvalue weighted by atomic mass is 16.4. The molecule has 0 aromatic heterocycles. The molecule has 11 N–H and O–H groups in total. The number of carboxylic acids is 1. The number of carboxylic acid groups (broad SMARTS) is 1. The Morgan fingerprint density at radius 2 is 1.23 bits per heavy atom. The van der Waals surface area contributed by atoms with E-state index in [1.54, 1.807) is 0 Å². The molecule has 0 aromatic rings. The standard InChI is InChI=1S/C2H4O3.CH5N3.CH4N2O/c3-1-2(4)5;2*2-1(3)4/h3H,1H2,(H,4,5);(H5,2,3,4);(H4,2,3,4). The van der Waals surface area contributed by atoms with Gasteiger partial charge in [0.1, 0.15) is 6.61 Å². The van der Waals surface area contributed by atoms with Crippen LogP contribution >= 0.6 is 0 Å². The van der Waals surface area contributed by atoms with Crippen molar-refractivity contribution in [1.29, 1.82) is 5.41 Å². The third kappa shape index (κ3) is 704000. The van der Waals surface area contributed by atoms with Crippen LogP contribution in [-0.2, 0) is 4.79 Å². The fourth-order valence-electron chi connectivity index (χ4n) is 0. The zero-order valence-electron chi connectivity index (χ0n) is 6.73. The molecule has 2 amide bonds. The predicted octanol–water partition coefficient (Wildman–Crippen LogP) is -3.07. The van der Waals surface area contributed by atoms with Crippen LogP contribution in [0.25, 0.3) is 0 Å². The van der Waals surface area contributed by atoms with Crippen molar-refractivity contribution < 1.29 is 19.8 Å². The highest BCUT2D eigenvalue weighted by Gasteiger charge is 1.82. The lowest BCUT2D eigenvalue weighted by Gasteiger charge is -1.72. The van der Waals surface area contributed by atoms with Crippen molar-refractivity contribution in [3.63, 3.8) is 0 Å². The number of nitrogens with two attached hydrogens (primary N) is 4. The Morgan fingerprint density at radius 1 is 1.15 bits per heavy atom. The van der Waals surface area contributed by atoms with Crippen LogP contribution in [0.4, 0.5) is 4.79 Å². The van der Waals surface area contributed by atoms with Gasteiger partial charge in [-0.3, -0.25) is 5.41 Å². The maximum Gasteiger partial charge on any atom is 0.329 e. The van der Waals surface area contributed by atoms with Crippen LogP contribution in [0.15, 0.2) is 0 Å². The van der Waals surface area contributed by atoms with Crippen molar-refractivity contribution in [2.75, 3.05) is 6.61 Å². The van der Waals surface area contributed by atoms with Crippen LogP contribution in [0.1, 0.15) is 0 Å². The summed E-state index contributed by atoms with van der Waals surface area (Å²) in [5.41, 5.74) is 17.4. The van der Waals surface area contributed by atoms with E-state index in [4.69, 9.17) is 25.2 Å². The zero-order valence-corrected chi connectivity index (χ0v) is 6.73. The van der Waals surface area contributed by atoms with E-state index in [0.717, 1.165) is 0 Å². The van der Waals surface area contributed by atoms with Crippen LogP contribution in [-0.4, -0.2) is 34.8 Å². The number of carbonyl (C=O) groups is 2. The third-order valence-electron chi connectivity index (χ3n) is 0.135. The van der Waals surface area contributed by atoms with E-state index in [1.807, 2.05) is 0 Å². The molecule has 0 atom stereocenters. The first-order valence-electron chi connectivity index (χ1n) is 2.71. The number of primary amides is 2. The van der Waals surface area contributed by atoms with Crippen molar-refractivity contribution in [2.24, 2.45) is 22.9 Å². The first-order chi connectivity index (χ1) is 5.73. The number of aliphatic hydroxyl groups excluding tert-OH is 1. The maximum atomic E-state index is 9.12. The minimum atomic E-state index is -1.19. The lowest BCUT2D eigenvalue weighted by atomic mass is 10.8. The molecule has 0 aliphatic heterocycles. The smallest absolute Gasteiger partial charge is 0.329 e. The number of rotatable bonds is 1. The third-order valence-corrected chi connectivity index (χ3v) is 0.135. The van der Waals surface area contributed by atoms with Gasteiger partial charge in [0.25, 0.3) is 0 Å². The van der Waals surface area contributed by atoms with Crippen LogP contribution < -0.4 is 22.9 Å². The largest absolute Gasteiger partial charge is 0.480 e. The second-order valence-electron chi connectivity index (χ2n) is 1.41. The van der Waals surface area contributed by atoms with Gasteiger partial charge in [0.05, 0.1) is 0 Å². The highest BCUT2D eigenvalue weighted by Crippen LogP contribution is 1.48. The van der Waals surface area contributed by atoms with Crippen molar-refractivity contribution in [1.82, 2.24) is 0 Å². The van der Waals surface area contributed by atoms with Gasteiger partial charge >= 0.3 is 12.0 Å². The molecule has 0 radical (unpaired) electrons. The van der Waals surface area contributed by atoms with Crippen LogP contribution in [0.5, 0.6) is 0 Å². The van der Waals surface area contributed by atoms with Gasteiger partial charge in [-0.25, -0.2) is 9.59 Å². The Bertz CT molecular complexity index is 150. The summed E-state index contributed by atoms with van der Waals surface area (Å²) in [6.45, 7) is -0.778. The van der Waals surface area contributed by atoms with Crippen molar-refractivity contribution >= 4 is 18.0 Å². The van der Waals surface area contributed by atoms with Gasteiger partial charge in [-0.05, 0) is 0 Å². The van der Waals surface area contributed by atoms with Gasteiger partial charge in [0, 0.05) is 0 Å². The summed E-state index contributed by atoms with van der Waals surface area (Å²) in [5, 5.41) is 21.1. The monoisotopic (exact) mass is 195 g/mol. The fourth-order valence-corrected chi connectivity index (χ4v) is 0. The number of aliphatic hydroxyl groups is 1. The lowest BCUT2D eigenvalue weighted by Crippen LogP contribution is -2.20. The topological polar surface area (TPSA) is 203 Å². The van der Waals surface area contributed by atoms with Crippen LogP contribution in [0.2, 0.25) is 0 Å². The molecule has 0 bridgehead atoms. The average molecular weight is 195 g/mol. The van der Waals surface area contributed by atoms with Gasteiger partial charge in [-0.2, -0.15) is 0 Å². The van der Waals surface area contributed by atoms with Gasteiger partial charge < -0.3 is 33.1 Å². The van der Waals surface area contributed by atoms with Crippen molar-refractivity contribution in [3.05, 3.63) is 0 Å². The fraction of sp³-hybridized carbons (Fsp3) is 0.250. The average Bonchev–Trinajstić information content (AvgIpc) is 1.84. The van der Waals surface area contributed by atoms with Crippen molar-refractivity contribution in [3.8, 4) is 0 Å². The number of carbonyl (C=O) groups excluding carboxylic acids is 1. The van der Waals surface area contributed by atoms with E-state index in [2.05, 4.69) is 22.9 Å². The second-order valence-corrected chi connectivity index (χ2v) is 1.41. The second kappa shape index (κ2) is 12.6. The molecule has 0 unspecified atom stereocenters. The molecular formula is C4H13N5O4. The van der Waals surface area contributed by atoms with E-state index in [1.165, 1.54) is 0 Å². The summed E-state index contributed by atoms with van der Waals surface area (Å²) in [5.74, 6) is -1.52. The molecule has 13 heavy (non-hydrogen) atoms. The minimum absolute atomic E-state index is 0.333. The summed E-state index contributed by atoms with van der Waals surface area (Å²) in [6.07, 6.45) is 0. The molecule has 0 rings (SSSR count). The Labute approximate surface area is 73.8 Å². The highest BCUT2D eigenvalue weighted by molar-refractivity contribution is 5.71.